The van der Waals surface area contributed by atoms with E-state index in [0.717, 1.165) is 38.5 Å². The van der Waals surface area contributed by atoms with Crippen LogP contribution in [0.3, 0.4) is 0 Å². The Morgan fingerprint density at radius 3 is 0.855 bits per heavy atom. The molecule has 6 heteroatoms. The third kappa shape index (κ3) is 69.3. The number of amides is 1. The standard InChI is InChI=1S/C77H149NO5/c1-3-5-7-9-11-13-15-17-19-20-21-22-23-26-29-32-35-38-42-45-49-53-57-61-65-69-75(80)74(73-79)78-76(81)70-66-62-58-54-50-46-43-39-36-33-30-27-24-25-28-31-34-37-40-44-48-52-56-60-64-68-72-83-77(82)71-67-63-59-55-51-47-41-18-16-14-12-10-8-6-4-2/h24,27,65,69,74-75,79-80H,3-23,25-26,28-64,66-68,70-73H2,1-2H3,(H,78,81)/b27-24-,69-65+. The summed E-state index contributed by atoms with van der Waals surface area (Å²) in [7, 11) is 0. The van der Waals surface area contributed by atoms with E-state index in [1.54, 1.807) is 6.08 Å². The monoisotopic (exact) mass is 1170 g/mol. The van der Waals surface area contributed by atoms with Gasteiger partial charge in [0, 0.05) is 12.8 Å². The van der Waals surface area contributed by atoms with Crippen molar-refractivity contribution in [1.82, 2.24) is 5.32 Å². The molecule has 0 aromatic rings. The van der Waals surface area contributed by atoms with Gasteiger partial charge in [-0.05, 0) is 57.8 Å². The lowest BCUT2D eigenvalue weighted by Crippen LogP contribution is -2.45. The molecular weight excluding hydrogens is 1020 g/mol. The van der Waals surface area contributed by atoms with Crippen LogP contribution in [0.4, 0.5) is 0 Å². The van der Waals surface area contributed by atoms with Crippen LogP contribution in [-0.2, 0) is 14.3 Å². The largest absolute Gasteiger partial charge is 0.466 e. The highest BCUT2D eigenvalue weighted by Crippen LogP contribution is 2.19. The number of allylic oxidation sites excluding steroid dienone is 3. The van der Waals surface area contributed by atoms with Gasteiger partial charge in [0.25, 0.3) is 0 Å². The molecule has 3 N–H and O–H groups in total. The van der Waals surface area contributed by atoms with Crippen LogP contribution in [0.2, 0.25) is 0 Å². The van der Waals surface area contributed by atoms with Gasteiger partial charge in [-0.15, -0.1) is 0 Å². The zero-order valence-corrected chi connectivity index (χ0v) is 56.5. The maximum absolute atomic E-state index is 12.5. The van der Waals surface area contributed by atoms with Gasteiger partial charge in [0.05, 0.1) is 25.4 Å². The Morgan fingerprint density at radius 2 is 0.566 bits per heavy atom. The van der Waals surface area contributed by atoms with Crippen LogP contribution in [0.1, 0.15) is 431 Å². The number of rotatable bonds is 72. The molecule has 0 aliphatic rings. The first-order chi connectivity index (χ1) is 41.0. The fourth-order valence-electron chi connectivity index (χ4n) is 12.2. The molecule has 0 saturated carbocycles. The topological polar surface area (TPSA) is 95.9 Å². The molecule has 0 radical (unpaired) electrons. The number of hydrogen-bond donors (Lipinski definition) is 3. The van der Waals surface area contributed by atoms with Crippen molar-refractivity contribution in [2.45, 2.75) is 443 Å². The first kappa shape index (κ1) is 81.3. The second kappa shape index (κ2) is 72.8. The summed E-state index contributed by atoms with van der Waals surface area (Å²) in [5.74, 6) is -0.0469. The van der Waals surface area contributed by atoms with Crippen LogP contribution in [0, 0.1) is 0 Å². The maximum atomic E-state index is 12.5. The molecule has 0 aromatic heterocycles. The van der Waals surface area contributed by atoms with E-state index in [-0.39, 0.29) is 18.5 Å². The van der Waals surface area contributed by atoms with E-state index in [4.69, 9.17) is 4.74 Å². The predicted octanol–water partition coefficient (Wildman–Crippen LogP) is 24.9. The van der Waals surface area contributed by atoms with E-state index < -0.39 is 12.1 Å². The summed E-state index contributed by atoms with van der Waals surface area (Å²) in [6.07, 6.45) is 92.8. The lowest BCUT2D eigenvalue weighted by molar-refractivity contribution is -0.143. The van der Waals surface area contributed by atoms with Gasteiger partial charge >= 0.3 is 5.97 Å². The molecule has 0 aliphatic carbocycles. The number of hydrogen-bond acceptors (Lipinski definition) is 5. The van der Waals surface area contributed by atoms with Crippen LogP contribution < -0.4 is 5.32 Å². The van der Waals surface area contributed by atoms with Crippen molar-refractivity contribution in [2.24, 2.45) is 0 Å². The van der Waals surface area contributed by atoms with Crippen molar-refractivity contribution >= 4 is 11.9 Å². The Bertz CT molecular complexity index is 1300. The van der Waals surface area contributed by atoms with Crippen molar-refractivity contribution in [1.29, 1.82) is 0 Å². The Hall–Kier alpha value is -1.66. The fourth-order valence-corrected chi connectivity index (χ4v) is 12.2. The molecule has 0 fully saturated rings. The van der Waals surface area contributed by atoms with Crippen LogP contribution in [0.5, 0.6) is 0 Å². The lowest BCUT2D eigenvalue weighted by atomic mass is 10.0. The first-order valence-corrected chi connectivity index (χ1v) is 38.1. The van der Waals surface area contributed by atoms with E-state index in [2.05, 4.69) is 31.3 Å². The normalized spacial score (nSPS) is 12.6. The van der Waals surface area contributed by atoms with Crippen molar-refractivity contribution < 1.29 is 24.5 Å². The van der Waals surface area contributed by atoms with Crippen LogP contribution in [0.25, 0.3) is 0 Å². The third-order valence-electron chi connectivity index (χ3n) is 18.0. The number of carbonyl (C=O) groups is 2. The van der Waals surface area contributed by atoms with Crippen molar-refractivity contribution in [3.05, 3.63) is 24.3 Å². The number of ether oxygens (including phenoxy) is 1. The summed E-state index contributed by atoms with van der Waals surface area (Å²) in [6.45, 7) is 4.95. The summed E-state index contributed by atoms with van der Waals surface area (Å²) in [5.41, 5.74) is 0. The molecule has 2 unspecified atom stereocenters. The van der Waals surface area contributed by atoms with E-state index >= 15 is 0 Å². The summed E-state index contributed by atoms with van der Waals surface area (Å²) in [4.78, 5) is 24.6. The molecule has 0 spiro atoms. The van der Waals surface area contributed by atoms with Gasteiger partial charge in [-0.1, -0.05) is 385 Å². The summed E-state index contributed by atoms with van der Waals surface area (Å²) in [6, 6.07) is -0.631. The molecule has 2 atom stereocenters. The second-order valence-electron chi connectivity index (χ2n) is 26.3. The number of carbonyl (C=O) groups excluding carboxylic acids is 2. The van der Waals surface area contributed by atoms with Gasteiger partial charge in [-0.2, -0.15) is 0 Å². The average molecular weight is 1170 g/mol. The second-order valence-corrected chi connectivity index (χ2v) is 26.3. The zero-order valence-electron chi connectivity index (χ0n) is 56.5. The van der Waals surface area contributed by atoms with Gasteiger partial charge in [0.2, 0.25) is 5.91 Å². The van der Waals surface area contributed by atoms with Gasteiger partial charge in [0.1, 0.15) is 0 Å². The Morgan fingerprint density at radius 1 is 0.325 bits per heavy atom. The molecule has 492 valence electrons. The molecule has 0 rings (SSSR count). The number of unbranched alkanes of at least 4 members (excludes halogenated alkanes) is 59. The Labute approximate surface area is 520 Å². The Kier molecular flexibility index (Phi) is 71.4. The first-order valence-electron chi connectivity index (χ1n) is 38.1. The minimum atomic E-state index is -0.847. The SMILES string of the molecule is CCCCCCCCCCCCCCCCCCCCCCCCC/C=C/C(O)C(CO)NC(=O)CCCCCCCCCCCC/C=C\CCCCCCCCCCCCCCOC(=O)CCCCCCCCCCCCCCCCC. The van der Waals surface area contributed by atoms with Crippen LogP contribution >= 0.6 is 0 Å². The maximum Gasteiger partial charge on any atom is 0.305 e. The van der Waals surface area contributed by atoms with Crippen molar-refractivity contribution in [3.8, 4) is 0 Å². The lowest BCUT2D eigenvalue weighted by Gasteiger charge is -2.20. The summed E-state index contributed by atoms with van der Waals surface area (Å²) < 4.78 is 5.50. The highest BCUT2D eigenvalue weighted by atomic mass is 16.5. The number of esters is 1. The molecule has 0 saturated heterocycles. The summed E-state index contributed by atoms with van der Waals surface area (Å²) in [5, 5.41) is 23.3. The number of aliphatic hydroxyl groups is 2. The van der Waals surface area contributed by atoms with Crippen LogP contribution in [0.15, 0.2) is 24.3 Å². The summed E-state index contributed by atoms with van der Waals surface area (Å²) >= 11 is 0. The van der Waals surface area contributed by atoms with E-state index in [1.165, 1.54) is 366 Å². The molecule has 0 aliphatic heterocycles. The van der Waals surface area contributed by atoms with Gasteiger partial charge in [-0.25, -0.2) is 0 Å². The predicted molar refractivity (Wildman–Crippen MR) is 366 cm³/mol. The van der Waals surface area contributed by atoms with E-state index in [9.17, 15) is 19.8 Å². The molecule has 1 amide bonds. The smallest absolute Gasteiger partial charge is 0.305 e. The molecular formula is C77H149NO5. The van der Waals surface area contributed by atoms with Crippen molar-refractivity contribution in [2.75, 3.05) is 13.2 Å². The van der Waals surface area contributed by atoms with E-state index in [0.29, 0.717) is 19.4 Å². The highest BCUT2D eigenvalue weighted by molar-refractivity contribution is 5.76. The minimum Gasteiger partial charge on any atom is -0.466 e. The Balaban J connectivity index is 3.41. The van der Waals surface area contributed by atoms with E-state index in [1.807, 2.05) is 6.08 Å². The van der Waals surface area contributed by atoms with Gasteiger partial charge in [-0.3, -0.25) is 9.59 Å². The average Bonchev–Trinajstić information content (AvgIpc) is 3.49. The molecule has 0 heterocycles. The van der Waals surface area contributed by atoms with Crippen LogP contribution in [-0.4, -0.2) is 47.4 Å². The quantitative estimate of drug-likeness (QED) is 0.0320. The fraction of sp³-hybridized carbons (Fsp3) is 0.922. The number of nitrogens with one attached hydrogen (secondary N) is 1. The minimum absolute atomic E-state index is 0.0179. The molecule has 83 heavy (non-hydrogen) atoms. The third-order valence-corrected chi connectivity index (χ3v) is 18.0. The molecule has 6 nitrogen and oxygen atoms in total. The zero-order chi connectivity index (χ0) is 59.9. The van der Waals surface area contributed by atoms with Gasteiger partial charge < -0.3 is 20.3 Å². The molecule has 0 aromatic carbocycles. The molecule has 0 bridgehead atoms. The number of aliphatic hydroxyl groups excluding tert-OH is 2. The highest BCUT2D eigenvalue weighted by Gasteiger charge is 2.18. The van der Waals surface area contributed by atoms with Gasteiger partial charge in [0.15, 0.2) is 0 Å². The van der Waals surface area contributed by atoms with Crippen molar-refractivity contribution in [3.63, 3.8) is 0 Å².